The van der Waals surface area contributed by atoms with Gasteiger partial charge in [0.2, 0.25) is 0 Å². The number of ether oxygens (including phenoxy) is 1. The van der Waals surface area contributed by atoms with E-state index in [1.165, 1.54) is 11.3 Å². The van der Waals surface area contributed by atoms with Crippen LogP contribution < -0.4 is 15.6 Å². The SMILES string of the molecule is Cc1nnnn1-c1cnc(N[C@@H](C)c2cc3cc(Cl)c(OC(C)C)cc3[nH]c2=O)s1. The van der Waals surface area contributed by atoms with Crippen molar-refractivity contribution >= 4 is 39.0 Å². The number of fused-ring (bicyclic) bond motifs is 1. The molecule has 1 aromatic carbocycles. The zero-order valence-electron chi connectivity index (χ0n) is 16.8. The molecule has 30 heavy (non-hydrogen) atoms. The van der Waals surface area contributed by atoms with Gasteiger partial charge in [0.25, 0.3) is 5.56 Å². The molecule has 3 heterocycles. The number of aromatic nitrogens is 6. The summed E-state index contributed by atoms with van der Waals surface area (Å²) in [6.07, 6.45) is 1.67. The minimum atomic E-state index is -0.280. The summed E-state index contributed by atoms with van der Waals surface area (Å²) in [6, 6.07) is 5.10. The van der Waals surface area contributed by atoms with Gasteiger partial charge in [0.05, 0.1) is 28.9 Å². The average molecular weight is 446 g/mol. The van der Waals surface area contributed by atoms with E-state index in [0.717, 1.165) is 10.4 Å². The number of thiazole rings is 1. The van der Waals surface area contributed by atoms with E-state index in [2.05, 4.69) is 30.8 Å². The maximum Gasteiger partial charge on any atom is 0.253 e. The van der Waals surface area contributed by atoms with Crippen molar-refractivity contribution in [1.29, 1.82) is 0 Å². The average Bonchev–Trinajstić information content (AvgIpc) is 3.30. The first kappa shape index (κ1) is 20.3. The molecule has 0 spiro atoms. The number of H-pyrrole nitrogens is 1. The van der Waals surface area contributed by atoms with Crippen molar-refractivity contribution < 1.29 is 4.74 Å². The highest BCUT2D eigenvalue weighted by molar-refractivity contribution is 7.17. The summed E-state index contributed by atoms with van der Waals surface area (Å²) in [5.74, 6) is 1.21. The molecule has 0 aliphatic heterocycles. The first-order valence-corrected chi connectivity index (χ1v) is 10.5. The molecule has 4 aromatic rings. The number of tetrazole rings is 1. The maximum absolute atomic E-state index is 12.7. The predicted molar refractivity (Wildman–Crippen MR) is 117 cm³/mol. The van der Waals surface area contributed by atoms with Gasteiger partial charge in [0.15, 0.2) is 11.0 Å². The van der Waals surface area contributed by atoms with E-state index < -0.39 is 0 Å². The number of rotatable bonds is 6. The quantitative estimate of drug-likeness (QED) is 0.463. The van der Waals surface area contributed by atoms with Gasteiger partial charge in [-0.05, 0) is 50.3 Å². The fourth-order valence-electron chi connectivity index (χ4n) is 3.02. The van der Waals surface area contributed by atoms with Crippen LogP contribution in [0.2, 0.25) is 5.02 Å². The van der Waals surface area contributed by atoms with Crippen LogP contribution in [0.1, 0.15) is 38.2 Å². The van der Waals surface area contributed by atoms with Gasteiger partial charge in [-0.25, -0.2) is 4.98 Å². The summed E-state index contributed by atoms with van der Waals surface area (Å²) in [4.78, 5) is 20.0. The Kier molecular flexibility index (Phi) is 5.44. The van der Waals surface area contributed by atoms with Gasteiger partial charge < -0.3 is 15.0 Å². The van der Waals surface area contributed by atoms with Crippen molar-refractivity contribution in [3.63, 3.8) is 0 Å². The van der Waals surface area contributed by atoms with Crippen molar-refractivity contribution in [2.75, 3.05) is 5.32 Å². The van der Waals surface area contributed by atoms with Gasteiger partial charge in [-0.2, -0.15) is 4.68 Å². The topological polar surface area (TPSA) is 111 Å². The second kappa shape index (κ2) is 8.04. The van der Waals surface area contributed by atoms with Crippen LogP contribution in [0.4, 0.5) is 5.13 Å². The van der Waals surface area contributed by atoms with E-state index in [-0.39, 0.29) is 17.7 Å². The molecular weight excluding hydrogens is 426 g/mol. The van der Waals surface area contributed by atoms with Crippen LogP contribution in [0.15, 0.2) is 29.2 Å². The monoisotopic (exact) mass is 445 g/mol. The number of halogens is 1. The van der Waals surface area contributed by atoms with E-state index in [1.54, 1.807) is 23.0 Å². The van der Waals surface area contributed by atoms with E-state index in [9.17, 15) is 4.79 Å². The van der Waals surface area contributed by atoms with E-state index in [4.69, 9.17) is 16.3 Å². The molecule has 156 valence electrons. The van der Waals surface area contributed by atoms with Crippen molar-refractivity contribution in [2.24, 2.45) is 0 Å². The normalized spacial score (nSPS) is 12.5. The second-order valence-corrected chi connectivity index (χ2v) is 8.51. The highest BCUT2D eigenvalue weighted by Gasteiger charge is 2.16. The molecule has 1 atom stereocenters. The molecule has 0 unspecified atom stereocenters. The molecule has 0 amide bonds. The molecule has 0 saturated carbocycles. The number of nitrogens with zero attached hydrogens (tertiary/aromatic N) is 5. The first-order chi connectivity index (χ1) is 14.3. The zero-order chi connectivity index (χ0) is 21.4. The Hall–Kier alpha value is -2.98. The Bertz CT molecular complexity index is 1260. The first-order valence-electron chi connectivity index (χ1n) is 9.32. The minimum absolute atomic E-state index is 0.0181. The van der Waals surface area contributed by atoms with Gasteiger partial charge in [0.1, 0.15) is 10.8 Å². The molecular formula is C19H20ClN7O2S. The van der Waals surface area contributed by atoms with Gasteiger partial charge in [0, 0.05) is 17.0 Å². The van der Waals surface area contributed by atoms with Crippen molar-refractivity contribution in [1.82, 2.24) is 30.2 Å². The van der Waals surface area contributed by atoms with Crippen molar-refractivity contribution in [3.05, 3.63) is 51.2 Å². The third-order valence-corrected chi connectivity index (χ3v) is 5.62. The minimum Gasteiger partial charge on any atom is -0.489 e. The fourth-order valence-corrected chi connectivity index (χ4v) is 4.13. The molecule has 2 N–H and O–H groups in total. The van der Waals surface area contributed by atoms with Gasteiger partial charge in [-0.1, -0.05) is 22.9 Å². The zero-order valence-corrected chi connectivity index (χ0v) is 18.4. The lowest BCUT2D eigenvalue weighted by Gasteiger charge is -2.15. The van der Waals surface area contributed by atoms with Crippen LogP contribution in [0.25, 0.3) is 15.9 Å². The summed E-state index contributed by atoms with van der Waals surface area (Å²) in [7, 11) is 0. The van der Waals surface area contributed by atoms with Crippen LogP contribution in [-0.2, 0) is 0 Å². The second-order valence-electron chi connectivity index (χ2n) is 7.10. The number of anilines is 1. The van der Waals surface area contributed by atoms with Crippen LogP contribution in [0, 0.1) is 6.92 Å². The number of hydrogen-bond acceptors (Lipinski definition) is 8. The van der Waals surface area contributed by atoms with Crippen LogP contribution >= 0.6 is 22.9 Å². The largest absolute Gasteiger partial charge is 0.489 e. The number of hydrogen-bond donors (Lipinski definition) is 2. The van der Waals surface area contributed by atoms with Gasteiger partial charge in [-0.15, -0.1) is 5.10 Å². The Morgan fingerprint density at radius 3 is 2.77 bits per heavy atom. The molecule has 0 aliphatic carbocycles. The lowest BCUT2D eigenvalue weighted by molar-refractivity contribution is 0.243. The maximum atomic E-state index is 12.7. The summed E-state index contributed by atoms with van der Waals surface area (Å²) < 4.78 is 7.31. The molecule has 0 aliphatic rings. The number of benzene rings is 1. The highest BCUT2D eigenvalue weighted by atomic mass is 35.5. The molecule has 0 radical (unpaired) electrons. The molecule has 9 nitrogen and oxygen atoms in total. The number of aromatic amines is 1. The third-order valence-electron chi connectivity index (χ3n) is 4.42. The van der Waals surface area contributed by atoms with Crippen LogP contribution in [0.5, 0.6) is 5.75 Å². The Balaban J connectivity index is 1.61. The van der Waals surface area contributed by atoms with Crippen LogP contribution in [-0.4, -0.2) is 36.3 Å². The fraction of sp³-hybridized carbons (Fsp3) is 0.316. The van der Waals surface area contributed by atoms with Crippen molar-refractivity contribution in [2.45, 2.75) is 39.8 Å². The molecule has 11 heteroatoms. The molecule has 3 aromatic heterocycles. The number of nitrogens with one attached hydrogen (secondary N) is 2. The highest BCUT2D eigenvalue weighted by Crippen LogP contribution is 2.31. The predicted octanol–water partition coefficient (Wildman–Crippen LogP) is 3.88. The smallest absolute Gasteiger partial charge is 0.253 e. The summed E-state index contributed by atoms with van der Waals surface area (Å²) >= 11 is 7.75. The summed E-state index contributed by atoms with van der Waals surface area (Å²) in [6.45, 7) is 7.55. The molecule has 4 rings (SSSR count). The summed E-state index contributed by atoms with van der Waals surface area (Å²) in [5.41, 5.74) is 1.06. The van der Waals surface area contributed by atoms with Gasteiger partial charge in [-0.3, -0.25) is 4.79 Å². The standard InChI is InChI=1S/C19H20ClN7O2S/c1-9(2)29-16-7-15-12(6-14(16)20)5-13(18(28)23-15)10(3)22-19-21-8-17(30-19)27-11(4)24-25-26-27/h5-10H,1-4H3,(H,21,22)(H,23,28)/t10-/m0/s1. The number of pyridine rings is 1. The van der Waals surface area contributed by atoms with E-state index in [0.29, 0.717) is 32.8 Å². The lowest BCUT2D eigenvalue weighted by Crippen LogP contribution is -2.19. The van der Waals surface area contributed by atoms with E-state index >= 15 is 0 Å². The molecule has 0 fully saturated rings. The van der Waals surface area contributed by atoms with Gasteiger partial charge >= 0.3 is 0 Å². The summed E-state index contributed by atoms with van der Waals surface area (Å²) in [5, 5.41) is 17.5. The lowest BCUT2D eigenvalue weighted by atomic mass is 10.1. The third kappa shape index (κ3) is 4.01. The Morgan fingerprint density at radius 1 is 1.27 bits per heavy atom. The van der Waals surface area contributed by atoms with Crippen LogP contribution in [0.3, 0.4) is 0 Å². The Labute approximate surface area is 181 Å². The van der Waals surface area contributed by atoms with Crippen molar-refractivity contribution in [3.8, 4) is 10.8 Å². The van der Waals surface area contributed by atoms with E-state index in [1.807, 2.05) is 33.8 Å². The number of aryl methyl sites for hydroxylation is 1. The molecule has 0 saturated heterocycles. The Morgan fingerprint density at radius 2 is 2.07 bits per heavy atom. The molecule has 0 bridgehead atoms.